The average molecular weight is 601 g/mol. The molecular formula is C45H44O. The summed E-state index contributed by atoms with van der Waals surface area (Å²) in [6.45, 7) is 0. The van der Waals surface area contributed by atoms with Gasteiger partial charge in [0.2, 0.25) is 0 Å². The minimum atomic E-state index is 0.123. The lowest BCUT2D eigenvalue weighted by molar-refractivity contribution is 0.0615. The van der Waals surface area contributed by atoms with E-state index in [1.54, 1.807) is 22.3 Å². The van der Waals surface area contributed by atoms with E-state index in [0.717, 1.165) is 34.8 Å². The van der Waals surface area contributed by atoms with Gasteiger partial charge >= 0.3 is 0 Å². The maximum Gasteiger partial charge on any atom is 0.193 e. The lowest BCUT2D eigenvalue weighted by Crippen LogP contribution is -2.38. The van der Waals surface area contributed by atoms with Crippen molar-refractivity contribution >= 4 is 5.78 Å². The van der Waals surface area contributed by atoms with Crippen molar-refractivity contribution in [2.45, 2.75) is 62.7 Å². The van der Waals surface area contributed by atoms with Crippen LogP contribution in [0.15, 0.2) is 139 Å². The predicted molar refractivity (Wildman–Crippen MR) is 187 cm³/mol. The first-order chi connectivity index (χ1) is 22.8. The maximum atomic E-state index is 13.2. The molecule has 0 saturated heterocycles. The fraction of sp³-hybridized carbons (Fsp3) is 0.356. The third-order valence-electron chi connectivity index (χ3n) is 12.9. The Morgan fingerprint density at radius 2 is 0.957 bits per heavy atom. The van der Waals surface area contributed by atoms with Crippen molar-refractivity contribution < 1.29 is 4.79 Å². The molecule has 5 aliphatic carbocycles. The second-order valence-electron chi connectivity index (χ2n) is 14.8. The summed E-state index contributed by atoms with van der Waals surface area (Å²) >= 11 is 0. The molecular weight excluding hydrogens is 556 g/mol. The van der Waals surface area contributed by atoms with Crippen LogP contribution in [0, 0.1) is 35.5 Å². The van der Waals surface area contributed by atoms with E-state index < -0.39 is 0 Å². The van der Waals surface area contributed by atoms with Gasteiger partial charge in [-0.15, -0.1) is 0 Å². The van der Waals surface area contributed by atoms with Crippen molar-refractivity contribution in [1.82, 2.24) is 0 Å². The Balaban J connectivity index is 1.11. The summed E-state index contributed by atoms with van der Waals surface area (Å²) < 4.78 is 0. The van der Waals surface area contributed by atoms with Crippen LogP contribution in [0.25, 0.3) is 0 Å². The Kier molecular flexibility index (Phi) is 7.18. The number of rotatable bonds is 5. The predicted octanol–water partition coefficient (Wildman–Crippen LogP) is 10.9. The second-order valence-corrected chi connectivity index (χ2v) is 14.8. The highest BCUT2D eigenvalue weighted by Gasteiger charge is 2.63. The number of hydrogen-bond acceptors (Lipinski definition) is 1. The van der Waals surface area contributed by atoms with E-state index in [1.165, 1.54) is 50.5 Å². The Bertz CT molecular complexity index is 1690. The molecule has 0 radical (unpaired) electrons. The second kappa shape index (κ2) is 11.7. The first-order valence-corrected chi connectivity index (χ1v) is 18.0. The fourth-order valence-electron chi connectivity index (χ4n) is 11.5. The van der Waals surface area contributed by atoms with Crippen LogP contribution in [0.1, 0.15) is 95.3 Å². The third kappa shape index (κ3) is 4.53. The lowest BCUT2D eigenvalue weighted by atomic mass is 9.55. The maximum absolute atomic E-state index is 13.2. The average Bonchev–Trinajstić information content (AvgIpc) is 3.46. The summed E-state index contributed by atoms with van der Waals surface area (Å²) in [5, 5.41) is 0. The highest BCUT2D eigenvalue weighted by Crippen LogP contribution is 2.71. The molecule has 1 heteroatoms. The molecule has 0 N–H and O–H groups in total. The number of allylic oxidation sites excluding steroid dienone is 4. The van der Waals surface area contributed by atoms with Gasteiger partial charge < -0.3 is 0 Å². The highest BCUT2D eigenvalue weighted by molar-refractivity contribution is 6.08. The minimum Gasteiger partial charge on any atom is -0.289 e. The Labute approximate surface area is 274 Å². The molecule has 5 aliphatic rings. The zero-order chi connectivity index (χ0) is 30.6. The first-order valence-electron chi connectivity index (χ1n) is 18.0. The highest BCUT2D eigenvalue weighted by atomic mass is 16.1. The van der Waals surface area contributed by atoms with Gasteiger partial charge in [0, 0.05) is 23.0 Å². The number of fused-ring (bicyclic) bond motifs is 4. The number of ketones is 1. The van der Waals surface area contributed by atoms with Gasteiger partial charge in [-0.3, -0.25) is 4.79 Å². The Hall–Kier alpha value is -3.97. The summed E-state index contributed by atoms with van der Waals surface area (Å²) in [5.74, 6) is 6.18. The van der Waals surface area contributed by atoms with Crippen LogP contribution in [0.2, 0.25) is 0 Å². The summed E-state index contributed by atoms with van der Waals surface area (Å²) in [6, 6.07) is 41.7. The van der Waals surface area contributed by atoms with E-state index in [9.17, 15) is 4.79 Å². The molecule has 0 heterocycles. The van der Waals surface area contributed by atoms with Crippen molar-refractivity contribution in [1.29, 1.82) is 0 Å². The van der Waals surface area contributed by atoms with Gasteiger partial charge in [0.15, 0.2) is 5.78 Å². The summed E-state index contributed by atoms with van der Waals surface area (Å²) in [6.07, 6.45) is 14.3. The fourth-order valence-corrected chi connectivity index (χ4v) is 11.5. The molecule has 0 amide bonds. The quantitative estimate of drug-likeness (QED) is 0.208. The lowest BCUT2D eigenvalue weighted by Gasteiger charge is -2.48. The number of benzene rings is 4. The van der Waals surface area contributed by atoms with Crippen molar-refractivity contribution in [2.24, 2.45) is 35.5 Å². The van der Waals surface area contributed by atoms with Crippen LogP contribution in [0.4, 0.5) is 0 Å². The van der Waals surface area contributed by atoms with Crippen LogP contribution in [-0.4, -0.2) is 5.78 Å². The zero-order valence-corrected chi connectivity index (χ0v) is 26.7. The van der Waals surface area contributed by atoms with E-state index in [1.807, 2.05) is 30.3 Å². The van der Waals surface area contributed by atoms with Gasteiger partial charge in [-0.25, -0.2) is 0 Å². The molecule has 4 aromatic carbocycles. The van der Waals surface area contributed by atoms with Crippen molar-refractivity contribution in [3.8, 4) is 0 Å². The topological polar surface area (TPSA) is 17.1 Å². The summed E-state index contributed by atoms with van der Waals surface area (Å²) in [4.78, 5) is 13.2. The van der Waals surface area contributed by atoms with E-state index in [2.05, 4.69) is 97.1 Å². The normalized spacial score (nSPS) is 32.7. The van der Waals surface area contributed by atoms with Crippen LogP contribution >= 0.6 is 0 Å². The van der Waals surface area contributed by atoms with Gasteiger partial charge in [-0.1, -0.05) is 134 Å². The summed E-state index contributed by atoms with van der Waals surface area (Å²) in [5.41, 5.74) is 9.43. The molecule has 230 valence electrons. The molecule has 46 heavy (non-hydrogen) atoms. The number of carbonyl (C=O) groups is 1. The number of carbonyl (C=O) groups excluding carboxylic acids is 1. The summed E-state index contributed by atoms with van der Waals surface area (Å²) in [7, 11) is 0. The van der Waals surface area contributed by atoms with Crippen LogP contribution < -0.4 is 0 Å². The first kappa shape index (κ1) is 28.3. The van der Waals surface area contributed by atoms with Crippen molar-refractivity contribution in [3.05, 3.63) is 166 Å². The smallest absolute Gasteiger partial charge is 0.193 e. The van der Waals surface area contributed by atoms with Crippen LogP contribution in [0.5, 0.6) is 0 Å². The molecule has 9 atom stereocenters. The Morgan fingerprint density at radius 3 is 1.54 bits per heavy atom. The van der Waals surface area contributed by atoms with Gasteiger partial charge in [0.05, 0.1) is 0 Å². The van der Waals surface area contributed by atoms with Crippen LogP contribution in [0.3, 0.4) is 0 Å². The molecule has 0 aromatic heterocycles. The van der Waals surface area contributed by atoms with E-state index in [-0.39, 0.29) is 5.78 Å². The molecule has 4 saturated carbocycles. The van der Waals surface area contributed by atoms with Gasteiger partial charge in [-0.05, 0) is 108 Å². The monoisotopic (exact) mass is 600 g/mol. The molecule has 4 aromatic rings. The molecule has 0 spiro atoms. The van der Waals surface area contributed by atoms with E-state index in [4.69, 9.17) is 0 Å². The third-order valence-corrected chi connectivity index (χ3v) is 12.9. The largest absolute Gasteiger partial charge is 0.289 e. The van der Waals surface area contributed by atoms with E-state index >= 15 is 0 Å². The van der Waals surface area contributed by atoms with Crippen molar-refractivity contribution in [2.75, 3.05) is 0 Å². The number of hydrogen-bond donors (Lipinski definition) is 0. The van der Waals surface area contributed by atoms with Crippen LogP contribution in [-0.2, 0) is 0 Å². The van der Waals surface area contributed by atoms with Gasteiger partial charge in [0.1, 0.15) is 0 Å². The molecule has 9 unspecified atom stereocenters. The van der Waals surface area contributed by atoms with Gasteiger partial charge in [-0.2, -0.15) is 0 Å². The minimum absolute atomic E-state index is 0.123. The van der Waals surface area contributed by atoms with Crippen molar-refractivity contribution in [3.63, 3.8) is 0 Å². The standard InChI is InChI=1S/C45H44O/c46-45(32-17-8-3-9-18-32)33-25-23-29(24-26-33)34-27-28-39-42-35(34)21-12-22-38(42)43-40(30-13-4-1-5-14-30)36-19-10-11-20-37(36)41(44(39)43)31-15-6-2-7-16-31/h1-9,13-20,23-26,34-35,38-44H,10-12,21-22,27-28H2. The SMILES string of the molecule is O=C(c1ccccc1)c1ccc(C2CCC3C4C2CCCC4C2C(c4ccccc4)C4=CCCC=C4C(c4ccccc4)C32)cc1. The van der Waals surface area contributed by atoms with Gasteiger partial charge in [0.25, 0.3) is 0 Å². The molecule has 1 nitrogen and oxygen atoms in total. The molecule has 4 fully saturated rings. The van der Waals surface area contributed by atoms with E-state index in [0.29, 0.717) is 29.6 Å². The zero-order valence-electron chi connectivity index (χ0n) is 26.7. The molecule has 0 bridgehead atoms. The molecule has 9 rings (SSSR count). The Morgan fingerprint density at radius 1 is 0.457 bits per heavy atom. The molecule has 0 aliphatic heterocycles.